The zero-order valence-electron chi connectivity index (χ0n) is 20.3. The monoisotopic (exact) mass is 515 g/mol. The molecule has 2 amide bonds. The predicted molar refractivity (Wildman–Crippen MR) is 146 cm³/mol. The van der Waals surface area contributed by atoms with Crippen LogP contribution in [0.3, 0.4) is 0 Å². The highest BCUT2D eigenvalue weighted by Gasteiger charge is 2.41. The number of nitrogens with one attached hydrogen (secondary N) is 1. The van der Waals surface area contributed by atoms with Crippen molar-refractivity contribution in [3.8, 4) is 6.07 Å². The fraction of sp³-hybridized carbons (Fsp3) is 0.207. The van der Waals surface area contributed by atoms with Gasteiger partial charge in [0.25, 0.3) is 5.91 Å². The second-order valence-corrected chi connectivity index (χ2v) is 10.4. The minimum atomic E-state index is -0.509. The Balaban J connectivity index is 1.71. The van der Waals surface area contributed by atoms with Crippen LogP contribution in [0.2, 0.25) is 5.02 Å². The smallest absolute Gasteiger partial charge is 0.265 e. The normalized spacial score (nSPS) is 17.5. The van der Waals surface area contributed by atoms with Crippen LogP contribution in [0.5, 0.6) is 0 Å². The van der Waals surface area contributed by atoms with Gasteiger partial charge in [-0.3, -0.25) is 14.5 Å². The van der Waals surface area contributed by atoms with Gasteiger partial charge >= 0.3 is 0 Å². The van der Waals surface area contributed by atoms with E-state index in [2.05, 4.69) is 11.4 Å². The van der Waals surface area contributed by atoms with Crippen LogP contribution in [0.15, 0.2) is 83.4 Å². The quantitative estimate of drug-likeness (QED) is 0.310. The van der Waals surface area contributed by atoms with E-state index in [-0.39, 0.29) is 17.5 Å². The maximum absolute atomic E-state index is 13.7. The molecule has 0 bridgehead atoms. The standard InChI is InChI=1S/C29H26ClN3O2S/c1-18-9-14-24(15-19(18)2)33-28(35)26(16-21-10-12-23(30)13-11-21)36-29(33)25(17-31)27(34)32-20(3)22-7-5-4-6-8-22/h4-15,20,26H,16H2,1-3H3,(H,32,34)/b29-25-. The van der Waals surface area contributed by atoms with E-state index in [9.17, 15) is 14.9 Å². The maximum Gasteiger partial charge on any atom is 0.265 e. The fourth-order valence-corrected chi connectivity index (χ4v) is 5.45. The Bertz CT molecular complexity index is 1360. The topological polar surface area (TPSA) is 73.2 Å². The first-order chi connectivity index (χ1) is 17.3. The van der Waals surface area contributed by atoms with Crippen LogP contribution in [-0.2, 0) is 16.0 Å². The van der Waals surface area contributed by atoms with Gasteiger partial charge in [-0.1, -0.05) is 71.9 Å². The van der Waals surface area contributed by atoms with Gasteiger partial charge in [0.15, 0.2) is 0 Å². The van der Waals surface area contributed by atoms with Crippen molar-refractivity contribution >= 4 is 40.9 Å². The van der Waals surface area contributed by atoms with Gasteiger partial charge in [-0.2, -0.15) is 5.26 Å². The number of aryl methyl sites for hydroxylation is 2. The summed E-state index contributed by atoms with van der Waals surface area (Å²) in [6.07, 6.45) is 0.451. The number of nitrogens with zero attached hydrogens (tertiary/aromatic N) is 2. The second-order valence-electron chi connectivity index (χ2n) is 8.78. The number of nitriles is 1. The van der Waals surface area contributed by atoms with E-state index in [1.165, 1.54) is 16.7 Å². The third-order valence-electron chi connectivity index (χ3n) is 6.24. The molecule has 36 heavy (non-hydrogen) atoms. The van der Waals surface area contributed by atoms with Gasteiger partial charge in [0, 0.05) is 10.7 Å². The third-order valence-corrected chi connectivity index (χ3v) is 7.75. The number of amides is 2. The summed E-state index contributed by atoms with van der Waals surface area (Å²) in [7, 11) is 0. The molecule has 1 heterocycles. The van der Waals surface area contributed by atoms with Gasteiger partial charge in [-0.25, -0.2) is 0 Å². The van der Waals surface area contributed by atoms with Crippen molar-refractivity contribution in [3.63, 3.8) is 0 Å². The molecule has 3 aromatic carbocycles. The van der Waals surface area contributed by atoms with E-state index in [1.807, 2.05) is 81.4 Å². The Hall–Kier alpha value is -3.53. The molecule has 1 saturated heterocycles. The molecule has 1 fully saturated rings. The molecular weight excluding hydrogens is 490 g/mol. The van der Waals surface area contributed by atoms with Crippen molar-refractivity contribution in [2.75, 3.05) is 4.90 Å². The summed E-state index contributed by atoms with van der Waals surface area (Å²) >= 11 is 7.28. The van der Waals surface area contributed by atoms with Crippen molar-refractivity contribution in [1.82, 2.24) is 5.32 Å². The number of thioether (sulfide) groups is 1. The Morgan fingerprint density at radius 3 is 2.42 bits per heavy atom. The minimum absolute atomic E-state index is 0.0760. The van der Waals surface area contributed by atoms with Crippen molar-refractivity contribution in [2.45, 2.75) is 38.5 Å². The summed E-state index contributed by atoms with van der Waals surface area (Å²) in [5.41, 5.74) is 4.55. The number of rotatable bonds is 6. The van der Waals surface area contributed by atoms with Gasteiger partial charge in [0.05, 0.1) is 11.3 Å². The Morgan fingerprint density at radius 1 is 1.08 bits per heavy atom. The molecule has 0 saturated carbocycles. The average molecular weight is 516 g/mol. The zero-order chi connectivity index (χ0) is 25.8. The van der Waals surface area contributed by atoms with Crippen LogP contribution >= 0.6 is 23.4 Å². The number of carbonyl (C=O) groups excluding carboxylic acids is 2. The van der Waals surface area contributed by atoms with Gasteiger partial charge in [-0.05, 0) is 73.7 Å². The third kappa shape index (κ3) is 5.48. The molecule has 5 nitrogen and oxygen atoms in total. The molecule has 182 valence electrons. The number of halogens is 1. The Morgan fingerprint density at radius 2 is 1.78 bits per heavy atom. The lowest BCUT2D eigenvalue weighted by atomic mass is 10.1. The molecule has 0 aromatic heterocycles. The molecule has 2 unspecified atom stereocenters. The molecule has 1 aliphatic rings. The fourth-order valence-electron chi connectivity index (χ4n) is 4.01. The number of benzene rings is 3. The summed E-state index contributed by atoms with van der Waals surface area (Å²) in [6, 6.07) is 24.4. The van der Waals surface area contributed by atoms with Crippen molar-refractivity contribution in [3.05, 3.63) is 111 Å². The molecule has 1 N–H and O–H groups in total. The van der Waals surface area contributed by atoms with E-state index in [0.29, 0.717) is 22.2 Å². The molecule has 0 aliphatic carbocycles. The predicted octanol–water partition coefficient (Wildman–Crippen LogP) is 6.26. The first-order valence-corrected chi connectivity index (χ1v) is 12.9. The molecule has 0 spiro atoms. The summed E-state index contributed by atoms with van der Waals surface area (Å²) in [6.45, 7) is 5.84. The number of carbonyl (C=O) groups is 2. The van der Waals surface area contributed by atoms with Gasteiger partial charge in [0.1, 0.15) is 16.7 Å². The highest BCUT2D eigenvalue weighted by molar-refractivity contribution is 8.05. The van der Waals surface area contributed by atoms with E-state index >= 15 is 0 Å². The SMILES string of the molecule is Cc1ccc(N2C(=O)C(Cc3ccc(Cl)cc3)S/C2=C(/C#N)C(=O)NC(C)c2ccccc2)cc1C. The summed E-state index contributed by atoms with van der Waals surface area (Å²) in [5, 5.41) is 13.5. The summed E-state index contributed by atoms with van der Waals surface area (Å²) in [4.78, 5) is 28.5. The largest absolute Gasteiger partial charge is 0.345 e. The summed E-state index contributed by atoms with van der Waals surface area (Å²) < 4.78 is 0. The van der Waals surface area contributed by atoms with Crippen LogP contribution in [0.4, 0.5) is 5.69 Å². The number of hydrogen-bond donors (Lipinski definition) is 1. The van der Waals surface area contributed by atoms with Crippen molar-refractivity contribution < 1.29 is 9.59 Å². The van der Waals surface area contributed by atoms with Crippen LogP contribution in [-0.4, -0.2) is 17.1 Å². The highest BCUT2D eigenvalue weighted by Crippen LogP contribution is 2.42. The van der Waals surface area contributed by atoms with E-state index in [4.69, 9.17) is 11.6 Å². The van der Waals surface area contributed by atoms with Crippen molar-refractivity contribution in [1.29, 1.82) is 5.26 Å². The van der Waals surface area contributed by atoms with E-state index < -0.39 is 11.2 Å². The highest BCUT2D eigenvalue weighted by atomic mass is 35.5. The molecule has 4 rings (SSSR count). The van der Waals surface area contributed by atoms with Gasteiger partial charge in [-0.15, -0.1) is 0 Å². The molecule has 3 aromatic rings. The minimum Gasteiger partial charge on any atom is -0.345 e. The van der Waals surface area contributed by atoms with Crippen LogP contribution < -0.4 is 10.2 Å². The first-order valence-electron chi connectivity index (χ1n) is 11.6. The molecule has 1 aliphatic heterocycles. The lowest BCUT2D eigenvalue weighted by molar-refractivity contribution is -0.117. The lowest BCUT2D eigenvalue weighted by Crippen LogP contribution is -2.33. The lowest BCUT2D eigenvalue weighted by Gasteiger charge is -2.20. The van der Waals surface area contributed by atoms with Crippen LogP contribution in [0, 0.1) is 25.2 Å². The zero-order valence-corrected chi connectivity index (χ0v) is 21.9. The van der Waals surface area contributed by atoms with Crippen LogP contribution in [0.25, 0.3) is 0 Å². The van der Waals surface area contributed by atoms with Crippen LogP contribution in [0.1, 0.15) is 35.2 Å². The Kier molecular flexibility index (Phi) is 7.83. The van der Waals surface area contributed by atoms with E-state index in [0.717, 1.165) is 22.3 Å². The molecule has 7 heteroatoms. The number of hydrogen-bond acceptors (Lipinski definition) is 4. The second kappa shape index (κ2) is 11.0. The average Bonchev–Trinajstić information content (AvgIpc) is 3.18. The molecule has 0 radical (unpaired) electrons. The van der Waals surface area contributed by atoms with E-state index in [1.54, 1.807) is 12.1 Å². The maximum atomic E-state index is 13.7. The molecule has 2 atom stereocenters. The number of anilines is 1. The first kappa shape index (κ1) is 25.6. The van der Waals surface area contributed by atoms with Gasteiger partial charge < -0.3 is 5.32 Å². The molecular formula is C29H26ClN3O2S. The Labute approximate surface area is 220 Å². The summed E-state index contributed by atoms with van der Waals surface area (Å²) in [5.74, 6) is -0.671. The van der Waals surface area contributed by atoms with Gasteiger partial charge in [0.2, 0.25) is 5.91 Å². The van der Waals surface area contributed by atoms with Crippen molar-refractivity contribution in [2.24, 2.45) is 0 Å².